The number of benzene rings is 2. The van der Waals surface area contributed by atoms with Crippen molar-refractivity contribution >= 4 is 12.0 Å². The van der Waals surface area contributed by atoms with Gasteiger partial charge in [-0.3, -0.25) is 9.78 Å². The van der Waals surface area contributed by atoms with Crippen molar-refractivity contribution in [2.24, 2.45) is 0 Å². The predicted molar refractivity (Wildman–Crippen MR) is 166 cm³/mol. The first kappa shape index (κ1) is 35.5. The van der Waals surface area contributed by atoms with E-state index in [2.05, 4.69) is 15.6 Å². The molecule has 1 heterocycles. The number of pyridine rings is 1. The van der Waals surface area contributed by atoms with Crippen molar-refractivity contribution in [3.63, 3.8) is 0 Å². The summed E-state index contributed by atoms with van der Waals surface area (Å²) in [5, 5.41) is 15.4. The summed E-state index contributed by atoms with van der Waals surface area (Å²) in [5.74, 6) is -0.774. The Morgan fingerprint density at radius 1 is 0.957 bits per heavy atom. The van der Waals surface area contributed by atoms with Crippen LogP contribution in [0.4, 0.5) is 22.4 Å². The molecular formula is C34H39F4N3O6. The van der Waals surface area contributed by atoms with Crippen molar-refractivity contribution in [1.82, 2.24) is 15.6 Å². The zero-order chi connectivity index (χ0) is 34.8. The molecule has 1 aromatic heterocycles. The molecule has 1 atom stereocenters. The van der Waals surface area contributed by atoms with E-state index in [4.69, 9.17) is 14.2 Å². The lowest BCUT2D eigenvalue weighted by atomic mass is 9.81. The van der Waals surface area contributed by atoms with E-state index >= 15 is 13.2 Å². The second-order valence-electron chi connectivity index (χ2n) is 13.0. The molecule has 2 aromatic carbocycles. The van der Waals surface area contributed by atoms with Crippen LogP contribution >= 0.6 is 0 Å². The van der Waals surface area contributed by atoms with Gasteiger partial charge in [0.25, 0.3) is 5.91 Å². The molecule has 2 amide bonds. The molecule has 47 heavy (non-hydrogen) atoms. The summed E-state index contributed by atoms with van der Waals surface area (Å²) in [7, 11) is 1.38. The minimum atomic E-state index is -5.12. The smallest absolute Gasteiger partial charge is 0.408 e. The van der Waals surface area contributed by atoms with Crippen LogP contribution in [0, 0.1) is 5.82 Å². The molecule has 1 fully saturated rings. The number of ether oxygens (including phenoxy) is 3. The molecule has 13 heteroatoms. The molecule has 9 nitrogen and oxygen atoms in total. The second-order valence-corrected chi connectivity index (χ2v) is 13.0. The predicted octanol–water partition coefficient (Wildman–Crippen LogP) is 6.42. The van der Waals surface area contributed by atoms with E-state index in [1.807, 2.05) is 0 Å². The van der Waals surface area contributed by atoms with Gasteiger partial charge in [-0.2, -0.15) is 13.2 Å². The number of hydrogen-bond donors (Lipinski definition) is 3. The molecule has 1 aliphatic carbocycles. The maximum Gasteiger partial charge on any atom is 0.408 e. The van der Waals surface area contributed by atoms with Crippen molar-refractivity contribution in [3.05, 3.63) is 77.2 Å². The average Bonchev–Trinajstić information content (AvgIpc) is 3.80. The summed E-state index contributed by atoms with van der Waals surface area (Å²) in [6.45, 7) is 5.54. The Labute approximate surface area is 270 Å². The zero-order valence-electron chi connectivity index (χ0n) is 27.0. The van der Waals surface area contributed by atoms with Crippen LogP contribution in [0.1, 0.15) is 69.1 Å². The van der Waals surface area contributed by atoms with E-state index in [9.17, 15) is 19.1 Å². The van der Waals surface area contributed by atoms with Gasteiger partial charge in [-0.25, -0.2) is 9.18 Å². The van der Waals surface area contributed by atoms with Gasteiger partial charge in [0, 0.05) is 17.7 Å². The van der Waals surface area contributed by atoms with E-state index in [0.29, 0.717) is 5.75 Å². The number of aromatic nitrogens is 1. The van der Waals surface area contributed by atoms with Crippen LogP contribution in [0.3, 0.4) is 0 Å². The van der Waals surface area contributed by atoms with Crippen molar-refractivity contribution in [3.8, 4) is 22.8 Å². The standard InChI is InChI=1S/C34H39F4N3O6/c1-31(2,3)47-30(44)41-32(4,5)22-16-25(20-7-10-23(35)11-8-20)40-28(17-22)33(19-42,34(36,37)38)18-39-29(43)21-9-14-26(27(15-21)45-6)46-24-12-13-24/h7-11,14-17,24,42H,12-13,18-19H2,1-6H3,(H,39,43)(H,41,44). The van der Waals surface area contributed by atoms with Gasteiger partial charge in [-0.05, 0) is 108 Å². The minimum Gasteiger partial charge on any atom is -0.493 e. The monoisotopic (exact) mass is 661 g/mol. The lowest BCUT2D eigenvalue weighted by molar-refractivity contribution is -0.200. The number of rotatable bonds is 11. The fraction of sp³-hybridized carbons (Fsp3) is 0.441. The minimum absolute atomic E-state index is 0.00964. The van der Waals surface area contributed by atoms with Crippen molar-refractivity contribution in [2.45, 2.75) is 76.3 Å². The van der Waals surface area contributed by atoms with Gasteiger partial charge in [0.15, 0.2) is 11.5 Å². The second kappa shape index (κ2) is 13.4. The Morgan fingerprint density at radius 2 is 1.62 bits per heavy atom. The van der Waals surface area contributed by atoms with Crippen molar-refractivity contribution < 1.29 is 46.5 Å². The third kappa shape index (κ3) is 8.51. The van der Waals surface area contributed by atoms with Gasteiger partial charge < -0.3 is 30.0 Å². The first-order chi connectivity index (χ1) is 21.9. The van der Waals surface area contributed by atoms with E-state index in [0.717, 1.165) is 31.0 Å². The third-order valence-corrected chi connectivity index (χ3v) is 7.60. The topological polar surface area (TPSA) is 119 Å². The Hall–Kier alpha value is -4.39. The number of aliphatic hydroxyl groups excluding tert-OH is 1. The Morgan fingerprint density at radius 3 is 2.17 bits per heavy atom. The largest absolute Gasteiger partial charge is 0.493 e. The van der Waals surface area contributed by atoms with Crippen LogP contribution in [-0.4, -0.2) is 60.2 Å². The highest BCUT2D eigenvalue weighted by molar-refractivity contribution is 5.95. The van der Waals surface area contributed by atoms with Crippen LogP contribution in [0.25, 0.3) is 11.3 Å². The highest BCUT2D eigenvalue weighted by Gasteiger charge is 2.57. The van der Waals surface area contributed by atoms with Crippen LogP contribution in [0.2, 0.25) is 0 Å². The van der Waals surface area contributed by atoms with E-state index in [-0.39, 0.29) is 34.2 Å². The molecule has 1 aliphatic rings. The normalized spacial score (nSPS) is 15.0. The van der Waals surface area contributed by atoms with Gasteiger partial charge in [-0.15, -0.1) is 0 Å². The van der Waals surface area contributed by atoms with Crippen LogP contribution in [0.5, 0.6) is 11.5 Å². The van der Waals surface area contributed by atoms with Gasteiger partial charge in [0.2, 0.25) is 0 Å². The number of nitrogens with one attached hydrogen (secondary N) is 2. The third-order valence-electron chi connectivity index (χ3n) is 7.60. The number of alkyl halides is 3. The van der Waals surface area contributed by atoms with Gasteiger partial charge in [0.05, 0.1) is 36.7 Å². The fourth-order valence-corrected chi connectivity index (χ4v) is 4.70. The maximum atomic E-state index is 15.1. The lowest BCUT2D eigenvalue weighted by Crippen LogP contribution is -2.54. The molecule has 3 N–H and O–H groups in total. The first-order valence-electron chi connectivity index (χ1n) is 15.0. The van der Waals surface area contributed by atoms with Gasteiger partial charge in [0.1, 0.15) is 16.8 Å². The molecule has 1 unspecified atom stereocenters. The quantitative estimate of drug-likeness (QED) is 0.203. The van der Waals surface area contributed by atoms with E-state index in [1.165, 1.54) is 43.5 Å². The summed E-state index contributed by atoms with van der Waals surface area (Å²) >= 11 is 0. The number of methoxy groups -OCH3 is 1. The fourth-order valence-electron chi connectivity index (χ4n) is 4.70. The van der Waals surface area contributed by atoms with Crippen molar-refractivity contribution in [2.75, 3.05) is 20.3 Å². The van der Waals surface area contributed by atoms with Crippen LogP contribution in [0.15, 0.2) is 54.6 Å². The number of nitrogens with zero attached hydrogens (tertiary/aromatic N) is 1. The number of hydrogen-bond acceptors (Lipinski definition) is 7. The highest BCUT2D eigenvalue weighted by Crippen LogP contribution is 2.42. The molecule has 0 aliphatic heterocycles. The first-order valence-corrected chi connectivity index (χ1v) is 15.0. The molecule has 0 saturated heterocycles. The Bertz CT molecular complexity index is 1600. The molecule has 0 bridgehead atoms. The molecule has 0 radical (unpaired) electrons. The molecule has 0 spiro atoms. The lowest BCUT2D eigenvalue weighted by Gasteiger charge is -2.36. The molecular weight excluding hydrogens is 622 g/mol. The summed E-state index contributed by atoms with van der Waals surface area (Å²) in [6.07, 6.45) is -4.11. The van der Waals surface area contributed by atoms with Crippen molar-refractivity contribution in [1.29, 1.82) is 0 Å². The number of halogens is 4. The highest BCUT2D eigenvalue weighted by atomic mass is 19.4. The zero-order valence-corrected chi connectivity index (χ0v) is 27.0. The van der Waals surface area contributed by atoms with Gasteiger partial charge >= 0.3 is 12.3 Å². The average molecular weight is 662 g/mol. The number of amides is 2. The Balaban J connectivity index is 1.75. The van der Waals surface area contributed by atoms with E-state index in [1.54, 1.807) is 34.6 Å². The molecule has 3 aromatic rings. The number of carbonyl (C=O) groups is 2. The van der Waals surface area contributed by atoms with Crippen LogP contribution < -0.4 is 20.1 Å². The number of carbonyl (C=O) groups excluding carboxylic acids is 2. The maximum absolute atomic E-state index is 15.1. The summed E-state index contributed by atoms with van der Waals surface area (Å²) in [4.78, 5) is 30.2. The van der Waals surface area contributed by atoms with E-state index < -0.39 is 59.4 Å². The molecule has 1 saturated carbocycles. The van der Waals surface area contributed by atoms with Gasteiger partial charge in [-0.1, -0.05) is 0 Å². The summed E-state index contributed by atoms with van der Waals surface area (Å²) in [6, 6.07) is 11.8. The SMILES string of the molecule is COc1cc(C(=O)NCC(CO)(c2cc(C(C)(C)NC(=O)OC(C)(C)C)cc(-c3ccc(F)cc3)n2)C(F)(F)F)ccc1OC1CC1. The molecule has 254 valence electrons. The van der Waals surface area contributed by atoms with Crippen LogP contribution in [-0.2, 0) is 15.7 Å². The molecule has 4 rings (SSSR count). The Kier molecular flexibility index (Phi) is 10.1. The number of aliphatic hydroxyl groups is 1. The summed E-state index contributed by atoms with van der Waals surface area (Å²) < 4.78 is 75.5. The number of alkyl carbamates (subject to hydrolysis) is 1. The summed E-state index contributed by atoms with van der Waals surface area (Å²) in [5.41, 5.74) is -5.40.